The molecule has 0 aliphatic rings. The number of imidazole rings is 1. The predicted molar refractivity (Wildman–Crippen MR) is 90.9 cm³/mol. The minimum Gasteiger partial charge on any atom is -0.378 e. The highest BCUT2D eigenvalue weighted by atomic mass is 15.1. The van der Waals surface area contributed by atoms with Crippen molar-refractivity contribution < 1.29 is 0 Å². The molecule has 2 aromatic rings. The molecule has 0 bridgehead atoms. The fourth-order valence-electron chi connectivity index (χ4n) is 2.92. The SMILES string of the molecule is CCCC(CC)c1cc(N(C)C)ccc1-c1nccn1C. The van der Waals surface area contributed by atoms with E-state index >= 15 is 0 Å². The van der Waals surface area contributed by atoms with E-state index in [1.54, 1.807) is 0 Å². The molecule has 0 fully saturated rings. The van der Waals surface area contributed by atoms with Crippen LogP contribution in [-0.4, -0.2) is 23.6 Å². The summed E-state index contributed by atoms with van der Waals surface area (Å²) in [4.78, 5) is 6.72. The Kier molecular flexibility index (Phi) is 5.05. The van der Waals surface area contributed by atoms with Crippen molar-refractivity contribution in [2.24, 2.45) is 7.05 Å². The highest BCUT2D eigenvalue weighted by Gasteiger charge is 2.17. The third-order valence-electron chi connectivity index (χ3n) is 4.18. The van der Waals surface area contributed by atoms with Gasteiger partial charge in [0.25, 0.3) is 0 Å². The zero-order valence-electron chi connectivity index (χ0n) is 13.9. The molecule has 0 aliphatic carbocycles. The summed E-state index contributed by atoms with van der Waals surface area (Å²) in [5.74, 6) is 1.66. The maximum absolute atomic E-state index is 4.55. The second kappa shape index (κ2) is 6.79. The van der Waals surface area contributed by atoms with Crippen LogP contribution in [-0.2, 0) is 7.05 Å². The van der Waals surface area contributed by atoms with Gasteiger partial charge >= 0.3 is 0 Å². The van der Waals surface area contributed by atoms with Gasteiger partial charge in [-0.25, -0.2) is 4.98 Å². The van der Waals surface area contributed by atoms with Crippen LogP contribution in [0.1, 0.15) is 44.6 Å². The molecule has 21 heavy (non-hydrogen) atoms. The summed E-state index contributed by atoms with van der Waals surface area (Å²) < 4.78 is 2.10. The second-order valence-electron chi connectivity index (χ2n) is 5.92. The number of rotatable bonds is 6. The Bertz CT molecular complexity index is 584. The number of nitrogens with zero attached hydrogens (tertiary/aromatic N) is 3. The van der Waals surface area contributed by atoms with Gasteiger partial charge in [0.05, 0.1) is 0 Å². The van der Waals surface area contributed by atoms with Crippen LogP contribution in [0.25, 0.3) is 11.4 Å². The van der Waals surface area contributed by atoms with E-state index in [-0.39, 0.29) is 0 Å². The molecule has 0 N–H and O–H groups in total. The van der Waals surface area contributed by atoms with Gasteiger partial charge in [-0.05, 0) is 42.5 Å². The van der Waals surface area contributed by atoms with Crippen LogP contribution in [0.3, 0.4) is 0 Å². The maximum atomic E-state index is 4.55. The summed E-state index contributed by atoms with van der Waals surface area (Å²) in [6, 6.07) is 6.76. The molecule has 0 saturated carbocycles. The summed E-state index contributed by atoms with van der Waals surface area (Å²) in [5.41, 5.74) is 3.96. The zero-order valence-corrected chi connectivity index (χ0v) is 13.9. The number of benzene rings is 1. The van der Waals surface area contributed by atoms with Gasteiger partial charge < -0.3 is 9.47 Å². The first-order valence-corrected chi connectivity index (χ1v) is 7.87. The Morgan fingerprint density at radius 3 is 2.52 bits per heavy atom. The van der Waals surface area contributed by atoms with Crippen LogP contribution in [0, 0.1) is 0 Å². The maximum Gasteiger partial charge on any atom is 0.139 e. The van der Waals surface area contributed by atoms with Crippen molar-refractivity contribution in [2.45, 2.75) is 39.0 Å². The lowest BCUT2D eigenvalue weighted by molar-refractivity contribution is 0.596. The number of anilines is 1. The Hall–Kier alpha value is -1.77. The molecule has 1 unspecified atom stereocenters. The van der Waals surface area contributed by atoms with Crippen LogP contribution in [0.4, 0.5) is 5.69 Å². The van der Waals surface area contributed by atoms with Crippen molar-refractivity contribution in [1.29, 1.82) is 0 Å². The molecule has 3 heteroatoms. The second-order valence-corrected chi connectivity index (χ2v) is 5.92. The lowest BCUT2D eigenvalue weighted by Gasteiger charge is -2.22. The molecule has 1 atom stereocenters. The molecule has 0 spiro atoms. The molecule has 3 nitrogen and oxygen atoms in total. The van der Waals surface area contributed by atoms with Gasteiger partial charge in [-0.2, -0.15) is 0 Å². The van der Waals surface area contributed by atoms with Gasteiger partial charge in [0, 0.05) is 44.8 Å². The van der Waals surface area contributed by atoms with Crippen molar-refractivity contribution in [1.82, 2.24) is 9.55 Å². The quantitative estimate of drug-likeness (QED) is 0.782. The number of aromatic nitrogens is 2. The summed E-state index contributed by atoms with van der Waals surface area (Å²) in [7, 11) is 6.26. The minimum absolute atomic E-state index is 0.599. The molecule has 0 radical (unpaired) electrons. The summed E-state index contributed by atoms with van der Waals surface area (Å²) in [6.45, 7) is 4.55. The van der Waals surface area contributed by atoms with Crippen molar-refractivity contribution in [2.75, 3.05) is 19.0 Å². The van der Waals surface area contributed by atoms with Crippen LogP contribution in [0.5, 0.6) is 0 Å². The fourth-order valence-corrected chi connectivity index (χ4v) is 2.92. The first-order valence-electron chi connectivity index (χ1n) is 7.87. The first kappa shape index (κ1) is 15.6. The van der Waals surface area contributed by atoms with E-state index in [9.17, 15) is 0 Å². The van der Waals surface area contributed by atoms with Gasteiger partial charge in [-0.1, -0.05) is 20.3 Å². The highest BCUT2D eigenvalue weighted by Crippen LogP contribution is 2.35. The van der Waals surface area contributed by atoms with Crippen LogP contribution < -0.4 is 4.90 Å². The van der Waals surface area contributed by atoms with Gasteiger partial charge in [0.15, 0.2) is 0 Å². The van der Waals surface area contributed by atoms with Crippen molar-refractivity contribution in [3.8, 4) is 11.4 Å². The summed E-state index contributed by atoms with van der Waals surface area (Å²) in [6.07, 6.45) is 7.50. The average molecular weight is 285 g/mol. The Balaban J connectivity index is 2.56. The van der Waals surface area contributed by atoms with E-state index in [0.717, 1.165) is 5.82 Å². The van der Waals surface area contributed by atoms with Gasteiger partial charge in [-0.3, -0.25) is 0 Å². The van der Waals surface area contributed by atoms with Crippen LogP contribution in [0.2, 0.25) is 0 Å². The molecular weight excluding hydrogens is 258 g/mol. The molecule has 0 aliphatic heterocycles. The summed E-state index contributed by atoms with van der Waals surface area (Å²) >= 11 is 0. The minimum atomic E-state index is 0.599. The highest BCUT2D eigenvalue weighted by molar-refractivity contribution is 5.66. The molecule has 1 aromatic heterocycles. The topological polar surface area (TPSA) is 21.1 Å². The standard InChI is InChI=1S/C18H27N3/c1-6-8-14(7-2)17-13-15(20(3)4)9-10-16(17)18-19-11-12-21(18)5/h9-14H,6-8H2,1-5H3. The normalized spacial score (nSPS) is 12.4. The molecule has 0 saturated heterocycles. The molecule has 1 aromatic carbocycles. The van der Waals surface area contributed by atoms with Crippen molar-refractivity contribution in [3.63, 3.8) is 0 Å². The molecule has 0 amide bonds. The monoisotopic (exact) mass is 285 g/mol. The first-order chi connectivity index (χ1) is 10.1. The Morgan fingerprint density at radius 1 is 1.24 bits per heavy atom. The molecular formula is C18H27N3. The van der Waals surface area contributed by atoms with Crippen molar-refractivity contribution in [3.05, 3.63) is 36.2 Å². The number of aryl methyl sites for hydroxylation is 1. The van der Waals surface area contributed by atoms with E-state index < -0.39 is 0 Å². The Morgan fingerprint density at radius 2 is 2.00 bits per heavy atom. The molecule has 2 rings (SSSR count). The van der Waals surface area contributed by atoms with Crippen LogP contribution in [0.15, 0.2) is 30.6 Å². The predicted octanol–water partition coefficient (Wildman–Crippen LogP) is 4.45. The third kappa shape index (κ3) is 3.29. The van der Waals surface area contributed by atoms with E-state index in [2.05, 4.69) is 67.6 Å². The van der Waals surface area contributed by atoms with E-state index in [4.69, 9.17) is 0 Å². The van der Waals surface area contributed by atoms with E-state index in [1.807, 2.05) is 12.4 Å². The smallest absolute Gasteiger partial charge is 0.139 e. The van der Waals surface area contributed by atoms with E-state index in [1.165, 1.54) is 36.1 Å². The Labute approximate surface area is 128 Å². The number of hydrogen-bond acceptors (Lipinski definition) is 2. The van der Waals surface area contributed by atoms with E-state index in [0.29, 0.717) is 5.92 Å². The lowest BCUT2D eigenvalue weighted by atomic mass is 9.88. The van der Waals surface area contributed by atoms with Crippen molar-refractivity contribution >= 4 is 5.69 Å². The van der Waals surface area contributed by atoms with Gasteiger partial charge in [0.1, 0.15) is 5.82 Å². The summed E-state index contributed by atoms with van der Waals surface area (Å²) in [5, 5.41) is 0. The van der Waals surface area contributed by atoms with Gasteiger partial charge in [-0.15, -0.1) is 0 Å². The molecule has 1 heterocycles. The number of hydrogen-bond donors (Lipinski definition) is 0. The van der Waals surface area contributed by atoms with Crippen LogP contribution >= 0.6 is 0 Å². The third-order valence-corrected chi connectivity index (χ3v) is 4.18. The van der Waals surface area contributed by atoms with Gasteiger partial charge in [0.2, 0.25) is 0 Å². The average Bonchev–Trinajstić information content (AvgIpc) is 2.90. The molecule has 114 valence electrons. The largest absolute Gasteiger partial charge is 0.378 e. The zero-order chi connectivity index (χ0) is 15.4. The fraction of sp³-hybridized carbons (Fsp3) is 0.500. The lowest BCUT2D eigenvalue weighted by Crippen LogP contribution is -2.10.